The standard InChI is InChI=1S/C15H21NO3/c1-4-7-16-14(17)12-10-5-6-11(8-10)13(12)15(18)19-9(2)3/h4-6,9-13H,1,7-8H2,2-3H3,(H,16,17)/t10-,11-,12-,13-/m0/s1. The number of ether oxygens (including phenoxy) is 1. The summed E-state index contributed by atoms with van der Waals surface area (Å²) in [6, 6.07) is 0. The summed E-state index contributed by atoms with van der Waals surface area (Å²) in [5.41, 5.74) is 0. The Balaban J connectivity index is 2.11. The Labute approximate surface area is 113 Å². The molecule has 0 aromatic rings. The first-order valence-corrected chi connectivity index (χ1v) is 6.82. The topological polar surface area (TPSA) is 55.4 Å². The fraction of sp³-hybridized carbons (Fsp3) is 0.600. The van der Waals surface area contributed by atoms with Crippen molar-refractivity contribution in [1.82, 2.24) is 5.32 Å². The van der Waals surface area contributed by atoms with Crippen LogP contribution < -0.4 is 5.32 Å². The Morgan fingerprint density at radius 3 is 2.58 bits per heavy atom. The lowest BCUT2D eigenvalue weighted by Gasteiger charge is -2.26. The molecule has 1 amide bonds. The van der Waals surface area contributed by atoms with Gasteiger partial charge in [-0.1, -0.05) is 18.2 Å². The summed E-state index contributed by atoms with van der Waals surface area (Å²) in [5.74, 6) is -0.619. The van der Waals surface area contributed by atoms with Crippen molar-refractivity contribution in [3.05, 3.63) is 24.8 Å². The van der Waals surface area contributed by atoms with E-state index in [1.54, 1.807) is 6.08 Å². The van der Waals surface area contributed by atoms with E-state index < -0.39 is 0 Å². The van der Waals surface area contributed by atoms with Gasteiger partial charge < -0.3 is 10.1 Å². The number of nitrogens with one attached hydrogen (secondary N) is 1. The van der Waals surface area contributed by atoms with Gasteiger partial charge in [-0.2, -0.15) is 0 Å². The maximum Gasteiger partial charge on any atom is 0.310 e. The van der Waals surface area contributed by atoms with Crippen LogP contribution in [0.1, 0.15) is 20.3 Å². The Kier molecular flexibility index (Phi) is 4.08. The summed E-state index contributed by atoms with van der Waals surface area (Å²) in [6.45, 7) is 7.67. The molecule has 19 heavy (non-hydrogen) atoms. The average molecular weight is 263 g/mol. The summed E-state index contributed by atoms with van der Waals surface area (Å²) in [7, 11) is 0. The van der Waals surface area contributed by atoms with E-state index in [0.29, 0.717) is 6.54 Å². The third kappa shape index (κ3) is 2.72. The predicted octanol–water partition coefficient (Wildman–Crippen LogP) is 1.68. The number of amides is 1. The summed E-state index contributed by atoms with van der Waals surface area (Å²) < 4.78 is 5.30. The molecule has 0 aliphatic heterocycles. The van der Waals surface area contributed by atoms with Gasteiger partial charge in [0.05, 0.1) is 17.9 Å². The number of carbonyl (C=O) groups excluding carboxylic acids is 2. The van der Waals surface area contributed by atoms with E-state index in [0.717, 1.165) is 6.42 Å². The third-order valence-electron chi connectivity index (χ3n) is 3.81. The molecule has 4 atom stereocenters. The molecule has 2 aliphatic rings. The number of hydrogen-bond donors (Lipinski definition) is 1. The van der Waals surface area contributed by atoms with Crippen LogP contribution in [0, 0.1) is 23.7 Å². The molecule has 0 saturated heterocycles. The van der Waals surface area contributed by atoms with Gasteiger partial charge in [0.2, 0.25) is 5.91 Å². The lowest BCUT2D eigenvalue weighted by atomic mass is 9.82. The van der Waals surface area contributed by atoms with E-state index >= 15 is 0 Å². The van der Waals surface area contributed by atoms with Gasteiger partial charge in [-0.05, 0) is 32.1 Å². The first-order chi connectivity index (χ1) is 9.04. The lowest BCUT2D eigenvalue weighted by molar-refractivity contribution is -0.157. The van der Waals surface area contributed by atoms with Crippen LogP contribution in [-0.4, -0.2) is 24.5 Å². The summed E-state index contributed by atoms with van der Waals surface area (Å²) >= 11 is 0. The largest absolute Gasteiger partial charge is 0.463 e. The number of hydrogen-bond acceptors (Lipinski definition) is 3. The molecular weight excluding hydrogens is 242 g/mol. The highest BCUT2D eigenvalue weighted by Gasteiger charge is 2.52. The molecule has 0 unspecified atom stereocenters. The smallest absolute Gasteiger partial charge is 0.310 e. The molecule has 1 saturated carbocycles. The van der Waals surface area contributed by atoms with Crippen LogP contribution in [0.25, 0.3) is 0 Å². The van der Waals surface area contributed by atoms with E-state index in [1.165, 1.54) is 0 Å². The van der Waals surface area contributed by atoms with Gasteiger partial charge in [-0.3, -0.25) is 9.59 Å². The second-order valence-electron chi connectivity index (χ2n) is 5.52. The quantitative estimate of drug-likeness (QED) is 0.606. The van der Waals surface area contributed by atoms with Gasteiger partial charge in [0.1, 0.15) is 0 Å². The minimum absolute atomic E-state index is 0.0672. The van der Waals surface area contributed by atoms with Crippen LogP contribution in [0.4, 0.5) is 0 Å². The highest BCUT2D eigenvalue weighted by molar-refractivity contribution is 5.87. The molecule has 0 spiro atoms. The molecule has 2 aliphatic carbocycles. The van der Waals surface area contributed by atoms with E-state index in [9.17, 15) is 9.59 Å². The van der Waals surface area contributed by atoms with Crippen molar-refractivity contribution in [3.8, 4) is 0 Å². The monoisotopic (exact) mass is 263 g/mol. The predicted molar refractivity (Wildman–Crippen MR) is 72.2 cm³/mol. The second kappa shape index (κ2) is 5.59. The molecule has 2 bridgehead atoms. The Bertz CT molecular complexity index is 414. The summed E-state index contributed by atoms with van der Waals surface area (Å²) in [5, 5.41) is 2.80. The zero-order valence-electron chi connectivity index (χ0n) is 11.5. The molecule has 104 valence electrons. The molecule has 1 fully saturated rings. The Morgan fingerprint density at radius 2 is 2.00 bits per heavy atom. The van der Waals surface area contributed by atoms with Crippen LogP contribution in [0.2, 0.25) is 0 Å². The van der Waals surface area contributed by atoms with E-state index in [-0.39, 0.29) is 41.7 Å². The minimum Gasteiger partial charge on any atom is -0.463 e. The molecule has 1 N–H and O–H groups in total. The molecule has 4 nitrogen and oxygen atoms in total. The Morgan fingerprint density at radius 1 is 1.37 bits per heavy atom. The van der Waals surface area contributed by atoms with Crippen LogP contribution >= 0.6 is 0 Å². The van der Waals surface area contributed by atoms with E-state index in [4.69, 9.17) is 4.74 Å². The number of esters is 1. The van der Waals surface area contributed by atoms with Crippen molar-refractivity contribution in [2.45, 2.75) is 26.4 Å². The van der Waals surface area contributed by atoms with E-state index in [2.05, 4.69) is 18.0 Å². The van der Waals surface area contributed by atoms with Crippen molar-refractivity contribution in [1.29, 1.82) is 0 Å². The van der Waals surface area contributed by atoms with Crippen molar-refractivity contribution >= 4 is 11.9 Å². The highest BCUT2D eigenvalue weighted by Crippen LogP contribution is 2.48. The van der Waals surface area contributed by atoms with Crippen molar-refractivity contribution in [2.75, 3.05) is 6.54 Å². The van der Waals surface area contributed by atoms with Gasteiger partial charge in [-0.25, -0.2) is 0 Å². The molecule has 0 radical (unpaired) electrons. The van der Waals surface area contributed by atoms with Gasteiger partial charge >= 0.3 is 5.97 Å². The molecule has 0 aromatic heterocycles. The van der Waals surface area contributed by atoms with Crippen molar-refractivity contribution in [2.24, 2.45) is 23.7 Å². The van der Waals surface area contributed by atoms with E-state index in [1.807, 2.05) is 19.9 Å². The number of carbonyl (C=O) groups is 2. The molecule has 0 aromatic carbocycles. The molecule has 0 heterocycles. The maximum absolute atomic E-state index is 12.2. The molecular formula is C15H21NO3. The third-order valence-corrected chi connectivity index (χ3v) is 3.81. The average Bonchev–Trinajstić information content (AvgIpc) is 2.94. The number of rotatable bonds is 5. The summed E-state index contributed by atoms with van der Waals surface area (Å²) in [6.07, 6.45) is 6.48. The zero-order chi connectivity index (χ0) is 14.0. The second-order valence-corrected chi connectivity index (χ2v) is 5.52. The Hall–Kier alpha value is -1.58. The minimum atomic E-state index is -0.331. The van der Waals surface area contributed by atoms with Crippen LogP contribution in [0.3, 0.4) is 0 Å². The molecule has 2 rings (SSSR count). The van der Waals surface area contributed by atoms with Crippen LogP contribution in [-0.2, 0) is 14.3 Å². The van der Waals surface area contributed by atoms with Crippen LogP contribution in [0.15, 0.2) is 24.8 Å². The normalized spacial score (nSPS) is 31.5. The fourth-order valence-electron chi connectivity index (χ4n) is 3.10. The molecule has 4 heteroatoms. The van der Waals surface area contributed by atoms with Gasteiger partial charge in [-0.15, -0.1) is 6.58 Å². The number of allylic oxidation sites excluding steroid dienone is 2. The van der Waals surface area contributed by atoms with Gasteiger partial charge in [0, 0.05) is 6.54 Å². The van der Waals surface area contributed by atoms with Crippen molar-refractivity contribution < 1.29 is 14.3 Å². The lowest BCUT2D eigenvalue weighted by Crippen LogP contribution is -2.41. The first-order valence-electron chi connectivity index (χ1n) is 6.82. The summed E-state index contributed by atoms with van der Waals surface area (Å²) in [4.78, 5) is 24.4. The zero-order valence-corrected chi connectivity index (χ0v) is 11.5. The van der Waals surface area contributed by atoms with Crippen molar-refractivity contribution in [3.63, 3.8) is 0 Å². The number of fused-ring (bicyclic) bond motifs is 2. The SMILES string of the molecule is C=CCNC(=O)[C@@H]1[C@@H](C(=O)OC(C)C)[C@H]2C=C[C@H]1C2. The first kappa shape index (κ1) is 13.8. The fourth-order valence-corrected chi connectivity index (χ4v) is 3.10. The van der Waals surface area contributed by atoms with Crippen LogP contribution in [0.5, 0.6) is 0 Å². The van der Waals surface area contributed by atoms with Gasteiger partial charge in [0.15, 0.2) is 0 Å². The highest BCUT2D eigenvalue weighted by atomic mass is 16.5. The van der Waals surface area contributed by atoms with Gasteiger partial charge in [0.25, 0.3) is 0 Å². The maximum atomic E-state index is 12.2.